The number of anilines is 3. The van der Waals surface area contributed by atoms with Gasteiger partial charge in [0.15, 0.2) is 11.2 Å². The molecule has 11 aliphatic rings. The lowest BCUT2D eigenvalue weighted by atomic mass is 9.89. The van der Waals surface area contributed by atoms with E-state index in [4.69, 9.17) is 17.3 Å². The summed E-state index contributed by atoms with van der Waals surface area (Å²) >= 11 is 6.25. The Morgan fingerprint density at radius 3 is 1.19 bits per heavy atom. The van der Waals surface area contributed by atoms with Crippen LogP contribution in [0.2, 0.25) is 0 Å². The molecule has 24 nitrogen and oxygen atoms in total. The highest BCUT2D eigenvalue weighted by molar-refractivity contribution is 6.24. The maximum atomic E-state index is 14.1. The molecular weight excluding hydrogens is 1600 g/mol. The lowest BCUT2D eigenvalue weighted by molar-refractivity contribution is -0.140. The first-order valence-electron chi connectivity index (χ1n) is 43.3. The molecule has 3 aliphatic carbocycles. The number of carbonyl (C=O) groups excluding carboxylic acids is 7. The molecule has 0 bridgehead atoms. The second-order valence-corrected chi connectivity index (χ2v) is 35.0. The number of benzene rings is 11. The Morgan fingerprint density at radius 2 is 0.752 bits per heavy atom. The molecule has 22 rings (SSSR count). The van der Waals surface area contributed by atoms with Crippen LogP contribution in [0.1, 0.15) is 173 Å². The first-order valence-corrected chi connectivity index (χ1v) is 43.8. The lowest BCUT2D eigenvalue weighted by Crippen LogP contribution is -2.51. The lowest BCUT2D eigenvalue weighted by Gasteiger charge is -2.40. The normalized spacial score (nSPS) is 23.0. The SMILES string of the molecule is ClC1Cc2cccc3cccc1c23.NCC(O)CC1(O)C(=O)N(C2CCN(C3Cc4cccc5cccc3c45)CC2)c2ccccc21.NN.O.O=C1c2ccccc2C(=O)N1CC(O)CC1(O)C(=O)N(C2CCN(C3Cc4cccc5cccc3c45)CC2)c2ccccc21.O=C1c2ccccc2C(=O)N1CC(O)CC1C(=O)N(C2CCNCC2)c2ccccc21. The highest BCUT2D eigenvalue weighted by Gasteiger charge is 2.56. The van der Waals surface area contributed by atoms with Crippen LogP contribution in [0.3, 0.4) is 0 Å². The molecule has 644 valence electrons. The zero-order valence-corrected chi connectivity index (χ0v) is 70.2. The van der Waals surface area contributed by atoms with Gasteiger partial charge in [-0.3, -0.25) is 64.8 Å². The number of hydrogen-bond donors (Lipinski definition) is 9. The number of nitrogens with zero attached hydrogens (tertiary/aromatic N) is 7. The van der Waals surface area contributed by atoms with Gasteiger partial charge in [0.25, 0.3) is 35.4 Å². The fraction of sp³-hybridized carbons (Fsp3) is 0.330. The van der Waals surface area contributed by atoms with Gasteiger partial charge in [0, 0.05) is 92.6 Å². The number of alkyl halides is 1. The number of hydrogen-bond acceptors (Lipinski definition) is 18. The van der Waals surface area contributed by atoms with E-state index in [0.717, 1.165) is 124 Å². The summed E-state index contributed by atoms with van der Waals surface area (Å²) in [6.45, 7) is 4.79. The summed E-state index contributed by atoms with van der Waals surface area (Å²) in [5.41, 5.74) is 15.8. The second-order valence-electron chi connectivity index (χ2n) is 34.5. The second kappa shape index (κ2) is 35.6. The summed E-state index contributed by atoms with van der Waals surface area (Å²) in [7, 11) is 0. The minimum atomic E-state index is -1.96. The van der Waals surface area contributed by atoms with Crippen molar-refractivity contribution in [2.24, 2.45) is 17.4 Å². The fourth-order valence-electron chi connectivity index (χ4n) is 21.7. The van der Waals surface area contributed by atoms with Crippen LogP contribution in [0, 0.1) is 0 Å². The molecule has 14 N–H and O–H groups in total. The first-order chi connectivity index (χ1) is 60.3. The number of rotatable bonds is 16. The zero-order chi connectivity index (χ0) is 86.0. The third kappa shape index (κ3) is 15.4. The van der Waals surface area contributed by atoms with Crippen LogP contribution in [0.15, 0.2) is 231 Å². The number of para-hydroxylation sites is 3. The Balaban J connectivity index is 0.000000123. The molecular formula is C100H104ClN11O13. The molecule has 125 heavy (non-hydrogen) atoms. The van der Waals surface area contributed by atoms with Gasteiger partial charge in [0.2, 0.25) is 5.91 Å². The van der Waals surface area contributed by atoms with Crippen molar-refractivity contribution in [2.75, 3.05) is 73.6 Å². The molecule has 11 aromatic rings. The maximum Gasteiger partial charge on any atom is 0.264 e. The third-order valence-corrected chi connectivity index (χ3v) is 27.9. The maximum absolute atomic E-state index is 14.1. The molecule has 0 spiro atoms. The molecule has 0 aromatic heterocycles. The number of aliphatic hydroxyl groups excluding tert-OH is 3. The van der Waals surface area contributed by atoms with E-state index in [-0.39, 0.29) is 79.7 Å². The van der Waals surface area contributed by atoms with Gasteiger partial charge in [-0.15, -0.1) is 11.6 Å². The molecule has 8 aliphatic heterocycles. The monoisotopic (exact) mass is 1700 g/mol. The van der Waals surface area contributed by atoms with E-state index in [0.29, 0.717) is 51.2 Å². The van der Waals surface area contributed by atoms with E-state index in [1.54, 1.807) is 76.5 Å². The predicted molar refractivity (Wildman–Crippen MR) is 481 cm³/mol. The number of carbonyl (C=O) groups is 7. The number of aliphatic hydroxyl groups is 5. The molecule has 3 fully saturated rings. The summed E-state index contributed by atoms with van der Waals surface area (Å²) in [6, 6.07) is 75.4. The quantitative estimate of drug-likeness (QED) is 0.0188. The fourth-order valence-corrected chi connectivity index (χ4v) is 22.1. The largest absolute Gasteiger partial charge is 0.412 e. The Kier molecular flexibility index (Phi) is 24.5. The van der Waals surface area contributed by atoms with Crippen LogP contribution in [-0.2, 0) is 44.8 Å². The molecule has 0 radical (unpaired) electrons. The number of imide groups is 2. The molecule has 0 saturated carbocycles. The predicted octanol–water partition coefficient (Wildman–Crippen LogP) is 10.6. The smallest absolute Gasteiger partial charge is 0.264 e. The number of likely N-dealkylation sites (tertiary alicyclic amines) is 2. The summed E-state index contributed by atoms with van der Waals surface area (Å²) in [4.78, 5) is 105. The van der Waals surface area contributed by atoms with Gasteiger partial charge < -0.3 is 56.8 Å². The van der Waals surface area contributed by atoms with Crippen LogP contribution in [0.4, 0.5) is 17.1 Å². The molecule has 7 amide bonds. The average Bonchev–Trinajstić information content (AvgIpc) is 1.57. The molecule has 8 heterocycles. The highest BCUT2D eigenvalue weighted by atomic mass is 35.5. The molecule has 11 aromatic carbocycles. The summed E-state index contributed by atoms with van der Waals surface area (Å²) in [6.07, 6.45) is 4.54. The number of halogens is 1. The van der Waals surface area contributed by atoms with E-state index >= 15 is 0 Å². The number of fused-ring (bicyclic) bond motifs is 5. The van der Waals surface area contributed by atoms with Crippen LogP contribution in [0.5, 0.6) is 0 Å². The van der Waals surface area contributed by atoms with Gasteiger partial charge in [0.1, 0.15) is 0 Å². The minimum Gasteiger partial charge on any atom is -0.412 e. The summed E-state index contributed by atoms with van der Waals surface area (Å²) in [5.74, 6) is 4.97. The van der Waals surface area contributed by atoms with Crippen molar-refractivity contribution < 1.29 is 64.6 Å². The van der Waals surface area contributed by atoms with Crippen molar-refractivity contribution in [2.45, 2.75) is 148 Å². The Morgan fingerprint density at radius 1 is 0.400 bits per heavy atom. The van der Waals surface area contributed by atoms with Crippen LogP contribution in [0.25, 0.3) is 32.3 Å². The molecule has 3 saturated heterocycles. The van der Waals surface area contributed by atoms with Gasteiger partial charge in [-0.2, -0.15) is 0 Å². The van der Waals surface area contributed by atoms with E-state index < -0.39 is 65.0 Å². The van der Waals surface area contributed by atoms with Gasteiger partial charge in [-0.25, -0.2) is 0 Å². The van der Waals surface area contributed by atoms with E-state index in [2.05, 4.69) is 136 Å². The van der Waals surface area contributed by atoms with Crippen molar-refractivity contribution >= 4 is 102 Å². The Labute approximate surface area is 729 Å². The number of piperidine rings is 3. The number of nitrogens with two attached hydrogens (primary N) is 3. The molecule has 9 atom stereocenters. The van der Waals surface area contributed by atoms with Gasteiger partial charge in [0.05, 0.1) is 76.3 Å². The summed E-state index contributed by atoms with van der Waals surface area (Å²) in [5, 5.41) is 67.0. The molecule has 9 unspecified atom stereocenters. The van der Waals surface area contributed by atoms with Crippen molar-refractivity contribution in [3.8, 4) is 0 Å². The van der Waals surface area contributed by atoms with Gasteiger partial charge in [-0.05, 0) is 191 Å². The zero-order valence-electron chi connectivity index (χ0n) is 69.4. The number of amides is 7. The van der Waals surface area contributed by atoms with Crippen molar-refractivity contribution in [1.82, 2.24) is 24.9 Å². The van der Waals surface area contributed by atoms with Crippen LogP contribution < -0.4 is 37.4 Å². The Bertz CT molecular complexity index is 5930. The highest BCUT2D eigenvalue weighted by Crippen LogP contribution is 2.51. The van der Waals surface area contributed by atoms with Gasteiger partial charge in [-0.1, -0.05) is 188 Å². The van der Waals surface area contributed by atoms with E-state index in [1.807, 2.05) is 59.5 Å². The minimum absolute atomic E-state index is 0. The number of β-amino-alcohol motifs (C(OH)–C–C–N with tert-alkyl or cyclic N) is 2. The van der Waals surface area contributed by atoms with Crippen molar-refractivity contribution in [3.63, 3.8) is 0 Å². The third-order valence-electron chi connectivity index (χ3n) is 27.5. The van der Waals surface area contributed by atoms with Crippen LogP contribution >= 0.6 is 11.6 Å². The van der Waals surface area contributed by atoms with Crippen molar-refractivity contribution in [1.29, 1.82) is 0 Å². The average molecular weight is 1700 g/mol. The van der Waals surface area contributed by atoms with E-state index in [1.165, 1.54) is 65.7 Å². The number of hydrazine groups is 1. The first kappa shape index (κ1) is 85.8. The molecule has 25 heteroatoms. The van der Waals surface area contributed by atoms with Crippen molar-refractivity contribution in [3.05, 3.63) is 303 Å². The summed E-state index contributed by atoms with van der Waals surface area (Å²) < 4.78 is 0. The van der Waals surface area contributed by atoms with E-state index in [9.17, 15) is 59.1 Å². The van der Waals surface area contributed by atoms with Crippen LogP contribution in [-0.4, -0.2) is 187 Å². The number of nitrogens with one attached hydrogen (secondary N) is 1. The standard InChI is InChI=1S/C36H33N3O5.C28H31N3O3.C24H25N3O4.C12H9Cl.H4N2.H2O/c40-25(21-38-33(41)26-10-1-2-11-27(26)34(38)42)20-36(44)29-13-3-4-14-30(29)39(35(36)43)24-15-17-37(18-16-24)31-19-23-9-5-7-22-8-6-12-28(31)32(22)23;29-17-21(32)16-28(34)23-9-1-2-10-24(23)31(27(28)33)20-11-13-30(14-12-20)25-15-19-7-3-5-18-6-4-8-22(25)26(18)19;28-16(14-26-22(29)18-6-1-2-7-19(18)23(26)30)13-20-17-5-3-4-8-21(17)27(24(20)31)15-9-11-25-12-10-15;13-11-7-9-5-1-3-8-4-2-6-10(11)12(8)9;1-2;/h1-14,24-25,31,40,44H,15-21H2;1-10,20-21,25,32,34H,11-17,29H2;1-8,15-16,20,25,28H,9-14H2;1-6,11H,7H2;1-2H2;1H2. The van der Waals surface area contributed by atoms with Gasteiger partial charge >= 0.3 is 0 Å². The topological polar surface area (TPSA) is 365 Å². The Hall–Kier alpha value is -11.3.